The zero-order valence-corrected chi connectivity index (χ0v) is 9.29. The highest BCUT2D eigenvalue weighted by molar-refractivity contribution is 5.99. The molecule has 0 aromatic carbocycles. The predicted octanol–water partition coefficient (Wildman–Crippen LogP) is 1.44. The Morgan fingerprint density at radius 2 is 1.93 bits per heavy atom. The van der Waals surface area contributed by atoms with E-state index in [9.17, 15) is 9.59 Å². The molecule has 0 saturated carbocycles. The number of ether oxygens (including phenoxy) is 1. The summed E-state index contributed by atoms with van der Waals surface area (Å²) in [4.78, 5) is 22.4. The molecule has 0 aliphatic carbocycles. The third kappa shape index (κ3) is 3.62. The first-order valence-electron chi connectivity index (χ1n) is 4.85. The first-order chi connectivity index (χ1) is 6.99. The summed E-state index contributed by atoms with van der Waals surface area (Å²) < 4.78 is 4.71. The molecule has 0 aliphatic heterocycles. The maximum Gasteiger partial charge on any atom is 0.324 e. The second-order valence-electron chi connectivity index (χ2n) is 3.24. The van der Waals surface area contributed by atoms with Crippen molar-refractivity contribution in [3.05, 3.63) is 0 Å². The van der Waals surface area contributed by atoms with Gasteiger partial charge < -0.3 is 9.84 Å². The molecule has 0 aromatic heterocycles. The first kappa shape index (κ1) is 13.5. The Bertz CT molecular complexity index is 297. The molecular formula is C11H16O4. The molecule has 0 rings (SSSR count). The van der Waals surface area contributed by atoms with Crippen LogP contribution in [0.1, 0.15) is 33.6 Å². The van der Waals surface area contributed by atoms with E-state index in [4.69, 9.17) is 9.84 Å². The van der Waals surface area contributed by atoms with Crippen LogP contribution >= 0.6 is 0 Å². The van der Waals surface area contributed by atoms with Crippen LogP contribution in [0.15, 0.2) is 0 Å². The molecule has 1 atom stereocenters. The molecule has 4 heteroatoms. The SMILES string of the molecule is CCC#CC[C@](C)(C(=O)O)C(=O)OCC. The van der Waals surface area contributed by atoms with Crippen molar-refractivity contribution in [3.8, 4) is 11.8 Å². The van der Waals surface area contributed by atoms with Crippen molar-refractivity contribution in [2.75, 3.05) is 6.61 Å². The molecule has 0 aromatic rings. The largest absolute Gasteiger partial charge is 0.480 e. The summed E-state index contributed by atoms with van der Waals surface area (Å²) in [6.07, 6.45) is 0.619. The van der Waals surface area contributed by atoms with E-state index in [0.29, 0.717) is 6.42 Å². The van der Waals surface area contributed by atoms with Crippen molar-refractivity contribution < 1.29 is 19.4 Å². The average Bonchev–Trinajstić information content (AvgIpc) is 2.18. The fraction of sp³-hybridized carbons (Fsp3) is 0.636. The minimum absolute atomic E-state index is 0.0188. The quantitative estimate of drug-likeness (QED) is 0.435. The number of rotatable bonds is 4. The lowest BCUT2D eigenvalue weighted by Gasteiger charge is -2.19. The number of aliphatic carboxylic acids is 1. The van der Waals surface area contributed by atoms with Crippen molar-refractivity contribution in [3.63, 3.8) is 0 Å². The molecular weight excluding hydrogens is 196 g/mol. The first-order valence-corrected chi connectivity index (χ1v) is 4.85. The highest BCUT2D eigenvalue weighted by Gasteiger charge is 2.42. The number of carboxylic acid groups (broad SMARTS) is 1. The zero-order valence-electron chi connectivity index (χ0n) is 9.29. The highest BCUT2D eigenvalue weighted by atomic mass is 16.5. The Kier molecular flexibility index (Phi) is 5.46. The number of carbonyl (C=O) groups excluding carboxylic acids is 1. The van der Waals surface area contributed by atoms with Crippen LogP contribution in [0.2, 0.25) is 0 Å². The van der Waals surface area contributed by atoms with Gasteiger partial charge in [0.25, 0.3) is 0 Å². The van der Waals surface area contributed by atoms with Gasteiger partial charge in [0.05, 0.1) is 6.61 Å². The second kappa shape index (κ2) is 6.07. The van der Waals surface area contributed by atoms with Crippen LogP contribution in [0.4, 0.5) is 0 Å². The second-order valence-corrected chi connectivity index (χ2v) is 3.24. The predicted molar refractivity (Wildman–Crippen MR) is 55.1 cm³/mol. The van der Waals surface area contributed by atoms with Crippen LogP contribution in [0, 0.1) is 17.3 Å². The Morgan fingerprint density at radius 1 is 1.33 bits per heavy atom. The molecule has 0 heterocycles. The van der Waals surface area contributed by atoms with Crippen molar-refractivity contribution in [1.82, 2.24) is 0 Å². The van der Waals surface area contributed by atoms with E-state index >= 15 is 0 Å². The lowest BCUT2D eigenvalue weighted by molar-refractivity contribution is -0.166. The highest BCUT2D eigenvalue weighted by Crippen LogP contribution is 2.23. The minimum Gasteiger partial charge on any atom is -0.480 e. The molecule has 0 saturated heterocycles. The fourth-order valence-electron chi connectivity index (χ4n) is 0.890. The molecule has 0 radical (unpaired) electrons. The van der Waals surface area contributed by atoms with E-state index in [1.54, 1.807) is 6.92 Å². The summed E-state index contributed by atoms with van der Waals surface area (Å²) in [5.74, 6) is 3.46. The van der Waals surface area contributed by atoms with E-state index in [-0.39, 0.29) is 13.0 Å². The third-order valence-electron chi connectivity index (χ3n) is 1.94. The lowest BCUT2D eigenvalue weighted by atomic mass is 9.87. The number of hydrogen-bond donors (Lipinski definition) is 1. The maximum absolute atomic E-state index is 11.4. The Labute approximate surface area is 89.6 Å². The van der Waals surface area contributed by atoms with E-state index in [2.05, 4.69) is 11.8 Å². The lowest BCUT2D eigenvalue weighted by Crippen LogP contribution is -2.37. The average molecular weight is 212 g/mol. The fourth-order valence-corrected chi connectivity index (χ4v) is 0.890. The van der Waals surface area contributed by atoms with E-state index < -0.39 is 17.4 Å². The van der Waals surface area contributed by atoms with Crippen LogP contribution < -0.4 is 0 Å². The molecule has 0 spiro atoms. The molecule has 84 valence electrons. The molecule has 4 nitrogen and oxygen atoms in total. The van der Waals surface area contributed by atoms with Crippen LogP contribution in [0.5, 0.6) is 0 Å². The normalized spacial score (nSPS) is 13.3. The van der Waals surface area contributed by atoms with Gasteiger partial charge in [-0.15, -0.1) is 11.8 Å². The maximum atomic E-state index is 11.4. The monoisotopic (exact) mass is 212 g/mol. The molecule has 15 heavy (non-hydrogen) atoms. The van der Waals surface area contributed by atoms with E-state index in [0.717, 1.165) is 0 Å². The molecule has 0 aliphatic rings. The Balaban J connectivity index is 4.74. The number of carboxylic acids is 1. The van der Waals surface area contributed by atoms with Gasteiger partial charge in [0.15, 0.2) is 5.41 Å². The van der Waals surface area contributed by atoms with Crippen LogP contribution in [-0.4, -0.2) is 23.7 Å². The van der Waals surface area contributed by atoms with Gasteiger partial charge in [-0.3, -0.25) is 9.59 Å². The third-order valence-corrected chi connectivity index (χ3v) is 1.94. The molecule has 0 bridgehead atoms. The van der Waals surface area contributed by atoms with Gasteiger partial charge in [0, 0.05) is 12.8 Å². The molecule has 0 amide bonds. The molecule has 0 fully saturated rings. The summed E-state index contributed by atoms with van der Waals surface area (Å²) in [5.41, 5.74) is -1.56. The standard InChI is InChI=1S/C11H16O4/c1-4-6-7-8-11(3,9(12)13)10(14)15-5-2/h4-5,8H2,1-3H3,(H,12,13)/t11-/m1/s1. The van der Waals surface area contributed by atoms with Gasteiger partial charge in [0.2, 0.25) is 0 Å². The summed E-state index contributed by atoms with van der Waals surface area (Å²) in [7, 11) is 0. The van der Waals surface area contributed by atoms with E-state index in [1.807, 2.05) is 6.92 Å². The Hall–Kier alpha value is -1.50. The Morgan fingerprint density at radius 3 is 2.33 bits per heavy atom. The molecule has 0 unspecified atom stereocenters. The van der Waals surface area contributed by atoms with Crippen LogP contribution in [0.25, 0.3) is 0 Å². The van der Waals surface area contributed by atoms with Gasteiger partial charge >= 0.3 is 11.9 Å². The summed E-state index contributed by atoms with van der Waals surface area (Å²) in [6.45, 7) is 4.99. The van der Waals surface area contributed by atoms with E-state index in [1.165, 1.54) is 6.92 Å². The van der Waals surface area contributed by atoms with Crippen LogP contribution in [0.3, 0.4) is 0 Å². The molecule has 1 N–H and O–H groups in total. The number of carbonyl (C=O) groups is 2. The van der Waals surface area contributed by atoms with Crippen molar-refractivity contribution in [2.24, 2.45) is 5.41 Å². The minimum atomic E-state index is -1.56. The van der Waals surface area contributed by atoms with Gasteiger partial charge in [0.1, 0.15) is 0 Å². The number of esters is 1. The summed E-state index contributed by atoms with van der Waals surface area (Å²) in [6, 6.07) is 0. The summed E-state index contributed by atoms with van der Waals surface area (Å²) in [5, 5.41) is 8.96. The smallest absolute Gasteiger partial charge is 0.324 e. The van der Waals surface area contributed by atoms with Gasteiger partial charge in [-0.2, -0.15) is 0 Å². The van der Waals surface area contributed by atoms with Gasteiger partial charge in [-0.05, 0) is 13.8 Å². The summed E-state index contributed by atoms with van der Waals surface area (Å²) >= 11 is 0. The number of hydrogen-bond acceptors (Lipinski definition) is 3. The van der Waals surface area contributed by atoms with Gasteiger partial charge in [-0.1, -0.05) is 6.92 Å². The van der Waals surface area contributed by atoms with Gasteiger partial charge in [-0.25, -0.2) is 0 Å². The zero-order chi connectivity index (χ0) is 11.9. The van der Waals surface area contributed by atoms with Crippen LogP contribution in [-0.2, 0) is 14.3 Å². The van der Waals surface area contributed by atoms with Crippen molar-refractivity contribution in [2.45, 2.75) is 33.6 Å². The topological polar surface area (TPSA) is 63.6 Å². The van der Waals surface area contributed by atoms with Crippen molar-refractivity contribution in [1.29, 1.82) is 0 Å². The van der Waals surface area contributed by atoms with Crippen molar-refractivity contribution >= 4 is 11.9 Å².